The molecule has 0 unspecified atom stereocenters. The molecule has 0 spiro atoms. The van der Waals surface area contributed by atoms with Gasteiger partial charge in [-0.25, -0.2) is 8.78 Å². The van der Waals surface area contributed by atoms with Gasteiger partial charge in [-0.3, -0.25) is 0 Å². The highest BCUT2D eigenvalue weighted by molar-refractivity contribution is 9.10. The van der Waals surface area contributed by atoms with Crippen molar-refractivity contribution < 1.29 is 13.2 Å². The number of benzene rings is 3. The minimum Gasteiger partial charge on any atom is -0.351 e. The summed E-state index contributed by atoms with van der Waals surface area (Å²) in [6, 6.07) is 21.5. The minimum atomic E-state index is -0.492. The molecule has 0 aliphatic rings. The molecule has 3 aromatic heterocycles. The van der Waals surface area contributed by atoms with Gasteiger partial charge >= 0.3 is 0 Å². The molecular weight excluding hydrogens is 460 g/mol. The van der Waals surface area contributed by atoms with E-state index >= 15 is 0 Å². The van der Waals surface area contributed by atoms with Gasteiger partial charge in [0, 0.05) is 32.4 Å². The summed E-state index contributed by atoms with van der Waals surface area (Å²) in [5.74, 6) is -0.981. The van der Waals surface area contributed by atoms with E-state index in [1.54, 1.807) is 10.9 Å². The fourth-order valence-corrected chi connectivity index (χ4v) is 4.52. The van der Waals surface area contributed by atoms with E-state index in [-0.39, 0.29) is 5.69 Å². The molecule has 0 aliphatic heterocycles. The summed E-state index contributed by atoms with van der Waals surface area (Å²) in [4.78, 5) is 3.52. The van der Waals surface area contributed by atoms with Crippen molar-refractivity contribution in [3.63, 3.8) is 0 Å². The number of pyridine rings is 1. The summed E-state index contributed by atoms with van der Waals surface area (Å²) in [6.07, 6.45) is 3.74. The number of aromatic amines is 1. The smallest absolute Gasteiger partial charge is 0.254 e. The molecule has 1 N–H and O–H groups in total. The standard InChI is InChI=1S/C25H15BrF2N3/c26-16-7-5-15(6-8-16)24-25-23-19(18-3-1-2-4-21(18)29-23)11-12-30(25)14-31(24)22-13-17(27)9-10-20(22)28/h1-14,29H/q+1. The number of halogens is 3. The first-order chi connectivity index (χ1) is 15.1. The zero-order valence-corrected chi connectivity index (χ0v) is 17.7. The molecule has 0 saturated heterocycles. The van der Waals surface area contributed by atoms with E-state index < -0.39 is 11.6 Å². The summed E-state index contributed by atoms with van der Waals surface area (Å²) in [7, 11) is 0. The van der Waals surface area contributed by atoms with E-state index in [0.29, 0.717) is 0 Å². The number of nitrogens with one attached hydrogen (secondary N) is 1. The molecule has 6 heteroatoms. The van der Waals surface area contributed by atoms with Crippen LogP contribution in [-0.4, -0.2) is 9.55 Å². The van der Waals surface area contributed by atoms with Crippen molar-refractivity contribution in [2.24, 2.45) is 0 Å². The summed E-state index contributed by atoms with van der Waals surface area (Å²) in [5, 5.41) is 2.19. The van der Waals surface area contributed by atoms with Crippen molar-refractivity contribution in [2.75, 3.05) is 0 Å². The zero-order valence-electron chi connectivity index (χ0n) is 16.1. The van der Waals surface area contributed by atoms with Gasteiger partial charge in [0.25, 0.3) is 6.33 Å². The van der Waals surface area contributed by atoms with Crippen molar-refractivity contribution in [3.8, 4) is 16.9 Å². The number of rotatable bonds is 2. The molecule has 0 saturated carbocycles. The van der Waals surface area contributed by atoms with Gasteiger partial charge in [0.1, 0.15) is 5.82 Å². The third kappa shape index (κ3) is 2.79. The van der Waals surface area contributed by atoms with Crippen molar-refractivity contribution in [1.82, 2.24) is 9.55 Å². The molecule has 6 aromatic rings. The van der Waals surface area contributed by atoms with E-state index in [2.05, 4.69) is 27.0 Å². The topological polar surface area (TPSA) is 24.8 Å². The average Bonchev–Trinajstić information content (AvgIpc) is 3.34. The van der Waals surface area contributed by atoms with Crippen LogP contribution in [0.15, 0.2) is 89.8 Å². The van der Waals surface area contributed by atoms with Crippen molar-refractivity contribution in [2.45, 2.75) is 0 Å². The molecule has 0 aliphatic carbocycles. The van der Waals surface area contributed by atoms with Crippen LogP contribution in [0.4, 0.5) is 8.78 Å². The summed E-state index contributed by atoms with van der Waals surface area (Å²) >= 11 is 3.48. The Hall–Kier alpha value is -3.51. The fraction of sp³-hybridized carbons (Fsp3) is 0. The predicted molar refractivity (Wildman–Crippen MR) is 121 cm³/mol. The largest absolute Gasteiger partial charge is 0.351 e. The maximum Gasteiger partial charge on any atom is 0.254 e. The van der Waals surface area contributed by atoms with Gasteiger partial charge in [-0.05, 0) is 48.5 Å². The lowest BCUT2D eigenvalue weighted by Gasteiger charge is -2.04. The molecule has 3 nitrogen and oxygen atoms in total. The number of hydrogen-bond donors (Lipinski definition) is 1. The Labute approximate surface area is 184 Å². The zero-order chi connectivity index (χ0) is 21.1. The van der Waals surface area contributed by atoms with Gasteiger partial charge in [0.15, 0.2) is 17.2 Å². The van der Waals surface area contributed by atoms with Gasteiger partial charge < -0.3 is 4.98 Å². The second kappa shape index (κ2) is 6.75. The Balaban J connectivity index is 1.80. The van der Waals surface area contributed by atoms with E-state index in [4.69, 9.17) is 0 Å². The van der Waals surface area contributed by atoms with Crippen LogP contribution in [-0.2, 0) is 0 Å². The minimum absolute atomic E-state index is 0.158. The Bertz CT molecular complexity index is 1610. The first kappa shape index (κ1) is 18.3. The molecule has 0 atom stereocenters. The van der Waals surface area contributed by atoms with E-state index in [0.717, 1.165) is 55.2 Å². The van der Waals surface area contributed by atoms with Gasteiger partial charge in [-0.2, -0.15) is 8.97 Å². The predicted octanol–water partition coefficient (Wildman–Crippen LogP) is 6.56. The van der Waals surface area contributed by atoms with Crippen molar-refractivity contribution in [1.29, 1.82) is 0 Å². The number of imidazole rings is 1. The highest BCUT2D eigenvalue weighted by atomic mass is 79.9. The number of H-pyrrole nitrogens is 1. The average molecular weight is 475 g/mol. The highest BCUT2D eigenvalue weighted by Gasteiger charge is 2.26. The second-order valence-corrected chi connectivity index (χ2v) is 8.38. The molecule has 6 rings (SSSR count). The Kier molecular flexibility index (Phi) is 3.98. The number of fused-ring (bicyclic) bond motifs is 5. The monoisotopic (exact) mass is 474 g/mol. The second-order valence-electron chi connectivity index (χ2n) is 7.47. The van der Waals surface area contributed by atoms with E-state index in [1.807, 2.05) is 59.1 Å². The van der Waals surface area contributed by atoms with Gasteiger partial charge in [-0.1, -0.05) is 34.1 Å². The van der Waals surface area contributed by atoms with Crippen LogP contribution in [0.2, 0.25) is 0 Å². The quantitative estimate of drug-likeness (QED) is 0.275. The molecule has 3 aromatic carbocycles. The fourth-order valence-electron chi connectivity index (χ4n) is 4.25. The van der Waals surface area contributed by atoms with Gasteiger partial charge in [-0.15, -0.1) is 0 Å². The Morgan fingerprint density at radius 3 is 2.52 bits per heavy atom. The van der Waals surface area contributed by atoms with Crippen LogP contribution >= 0.6 is 15.9 Å². The summed E-state index contributed by atoms with van der Waals surface area (Å²) in [5.41, 5.74) is 4.68. The number of hydrogen-bond acceptors (Lipinski definition) is 0. The maximum absolute atomic E-state index is 14.8. The molecule has 3 heterocycles. The number of nitrogens with zero attached hydrogens (tertiary/aromatic N) is 2. The van der Waals surface area contributed by atoms with Crippen LogP contribution in [0.3, 0.4) is 0 Å². The van der Waals surface area contributed by atoms with E-state index in [1.165, 1.54) is 6.07 Å². The molecule has 0 radical (unpaired) electrons. The highest BCUT2D eigenvalue weighted by Crippen LogP contribution is 2.34. The SMILES string of the molecule is Fc1ccc(F)c(-n2c[n+]3ccc4c5ccccc5[nH]c4c3c2-c2ccc(Br)cc2)c1. The van der Waals surface area contributed by atoms with Crippen LogP contribution in [0.25, 0.3) is 44.3 Å². The van der Waals surface area contributed by atoms with Crippen LogP contribution in [0.5, 0.6) is 0 Å². The lowest BCUT2D eigenvalue weighted by Crippen LogP contribution is -2.17. The third-order valence-corrected chi connectivity index (χ3v) is 6.16. The van der Waals surface area contributed by atoms with Crippen molar-refractivity contribution >= 4 is 43.3 Å². The summed E-state index contributed by atoms with van der Waals surface area (Å²) in [6.45, 7) is 0. The molecule has 31 heavy (non-hydrogen) atoms. The van der Waals surface area contributed by atoms with Gasteiger partial charge in [0.05, 0.1) is 11.7 Å². The van der Waals surface area contributed by atoms with E-state index in [9.17, 15) is 8.78 Å². The molecule has 0 fully saturated rings. The summed E-state index contributed by atoms with van der Waals surface area (Å²) < 4.78 is 33.5. The first-order valence-electron chi connectivity index (χ1n) is 9.77. The first-order valence-corrected chi connectivity index (χ1v) is 10.6. The van der Waals surface area contributed by atoms with Crippen LogP contribution in [0, 0.1) is 11.6 Å². The Morgan fingerprint density at radius 1 is 0.871 bits per heavy atom. The van der Waals surface area contributed by atoms with Gasteiger partial charge in [0.2, 0.25) is 5.52 Å². The Morgan fingerprint density at radius 2 is 1.68 bits per heavy atom. The molecular formula is C25H15BrF2N3+. The van der Waals surface area contributed by atoms with Crippen LogP contribution in [0.1, 0.15) is 0 Å². The van der Waals surface area contributed by atoms with Crippen molar-refractivity contribution in [3.05, 3.63) is 101 Å². The molecule has 150 valence electrons. The maximum atomic E-state index is 14.8. The number of aromatic nitrogens is 3. The molecule has 0 amide bonds. The lowest BCUT2D eigenvalue weighted by atomic mass is 10.1. The molecule has 0 bridgehead atoms. The lowest BCUT2D eigenvalue weighted by molar-refractivity contribution is -0.510. The van der Waals surface area contributed by atoms with Crippen LogP contribution < -0.4 is 4.40 Å². The normalized spacial score (nSPS) is 11.7. The third-order valence-electron chi connectivity index (χ3n) is 5.63. The number of para-hydroxylation sites is 1.